The number of amides is 1. The normalized spacial score (nSPS) is 15.4. The molecule has 3 rings (SSSR count). The van der Waals surface area contributed by atoms with Crippen molar-refractivity contribution in [1.82, 2.24) is 19.2 Å². The minimum Gasteiger partial charge on any atom is -0.352 e. The number of anilines is 1. The van der Waals surface area contributed by atoms with E-state index in [1.54, 1.807) is 18.5 Å². The standard InChI is InChI=1S/C13H15N5OS/c1-10-12(15-4-3-14-10)17-5-7-18(8-6-17)13(19)11-2-9-20-16-11/h2-4,9H,5-8H2,1H3. The Balaban J connectivity index is 1.65. The van der Waals surface area contributed by atoms with Crippen LogP contribution in [0.25, 0.3) is 0 Å². The molecule has 0 aromatic carbocycles. The Morgan fingerprint density at radius 3 is 2.60 bits per heavy atom. The zero-order chi connectivity index (χ0) is 13.9. The number of carbonyl (C=O) groups excluding carboxylic acids is 1. The Labute approximate surface area is 121 Å². The first-order chi connectivity index (χ1) is 9.75. The van der Waals surface area contributed by atoms with Gasteiger partial charge in [-0.3, -0.25) is 9.78 Å². The lowest BCUT2D eigenvalue weighted by Gasteiger charge is -2.35. The van der Waals surface area contributed by atoms with E-state index in [1.807, 2.05) is 17.2 Å². The lowest BCUT2D eigenvalue weighted by molar-refractivity contribution is 0.0742. The van der Waals surface area contributed by atoms with Gasteiger partial charge in [0.25, 0.3) is 5.91 Å². The molecule has 0 saturated carbocycles. The van der Waals surface area contributed by atoms with Gasteiger partial charge in [0.2, 0.25) is 0 Å². The van der Waals surface area contributed by atoms with E-state index in [2.05, 4.69) is 19.2 Å². The van der Waals surface area contributed by atoms with Crippen LogP contribution in [0.2, 0.25) is 0 Å². The Hall–Kier alpha value is -2.02. The molecule has 6 nitrogen and oxygen atoms in total. The number of nitrogens with zero attached hydrogens (tertiary/aromatic N) is 5. The average molecular weight is 289 g/mol. The number of rotatable bonds is 2. The summed E-state index contributed by atoms with van der Waals surface area (Å²) in [5, 5.41) is 1.83. The van der Waals surface area contributed by atoms with Gasteiger partial charge >= 0.3 is 0 Å². The van der Waals surface area contributed by atoms with Crippen LogP contribution in [-0.2, 0) is 0 Å². The van der Waals surface area contributed by atoms with Crippen LogP contribution in [0.1, 0.15) is 16.2 Å². The van der Waals surface area contributed by atoms with Gasteiger partial charge in [0.05, 0.1) is 5.69 Å². The Morgan fingerprint density at radius 2 is 1.95 bits per heavy atom. The van der Waals surface area contributed by atoms with E-state index < -0.39 is 0 Å². The Morgan fingerprint density at radius 1 is 1.20 bits per heavy atom. The summed E-state index contributed by atoms with van der Waals surface area (Å²) in [6.45, 7) is 4.87. The quantitative estimate of drug-likeness (QED) is 0.831. The van der Waals surface area contributed by atoms with Crippen molar-refractivity contribution in [1.29, 1.82) is 0 Å². The zero-order valence-corrected chi connectivity index (χ0v) is 12.0. The molecule has 2 aromatic rings. The van der Waals surface area contributed by atoms with E-state index in [4.69, 9.17) is 0 Å². The van der Waals surface area contributed by atoms with Gasteiger partial charge in [-0.1, -0.05) is 0 Å². The number of aromatic nitrogens is 3. The summed E-state index contributed by atoms with van der Waals surface area (Å²) in [4.78, 5) is 24.8. The first kappa shape index (κ1) is 13.0. The third-order valence-corrected chi connectivity index (χ3v) is 3.94. The van der Waals surface area contributed by atoms with Gasteiger partial charge < -0.3 is 9.80 Å². The van der Waals surface area contributed by atoms with E-state index in [1.165, 1.54) is 11.5 Å². The fourth-order valence-electron chi connectivity index (χ4n) is 2.32. The van der Waals surface area contributed by atoms with E-state index >= 15 is 0 Å². The maximum absolute atomic E-state index is 12.2. The largest absolute Gasteiger partial charge is 0.352 e. The van der Waals surface area contributed by atoms with Crippen LogP contribution in [0.15, 0.2) is 23.8 Å². The highest BCUT2D eigenvalue weighted by atomic mass is 32.1. The summed E-state index contributed by atoms with van der Waals surface area (Å²) in [6.07, 6.45) is 3.40. The monoisotopic (exact) mass is 289 g/mol. The second kappa shape index (κ2) is 5.54. The number of hydrogen-bond donors (Lipinski definition) is 0. The van der Waals surface area contributed by atoms with Crippen LogP contribution >= 0.6 is 11.5 Å². The molecular formula is C13H15N5OS. The second-order valence-corrected chi connectivity index (χ2v) is 5.29. The van der Waals surface area contributed by atoms with Crippen molar-refractivity contribution >= 4 is 23.3 Å². The van der Waals surface area contributed by atoms with Gasteiger partial charge in [-0.05, 0) is 24.5 Å². The first-order valence-corrected chi connectivity index (χ1v) is 7.31. The van der Waals surface area contributed by atoms with E-state index in [0.717, 1.165) is 24.6 Å². The predicted octanol–water partition coefficient (Wildman–Crippen LogP) is 1.20. The molecule has 20 heavy (non-hydrogen) atoms. The van der Waals surface area contributed by atoms with Crippen LogP contribution in [0.4, 0.5) is 5.82 Å². The summed E-state index contributed by atoms with van der Waals surface area (Å²) >= 11 is 1.31. The van der Waals surface area contributed by atoms with Gasteiger partial charge in [-0.15, -0.1) is 0 Å². The Bertz CT molecular complexity index is 593. The van der Waals surface area contributed by atoms with Crippen molar-refractivity contribution in [3.05, 3.63) is 35.2 Å². The highest BCUT2D eigenvalue weighted by Crippen LogP contribution is 2.17. The summed E-state index contributed by atoms with van der Waals surface area (Å²) in [5.41, 5.74) is 1.46. The van der Waals surface area contributed by atoms with Crippen molar-refractivity contribution in [2.24, 2.45) is 0 Å². The van der Waals surface area contributed by atoms with Crippen LogP contribution in [-0.4, -0.2) is 51.3 Å². The van der Waals surface area contributed by atoms with Gasteiger partial charge in [-0.25, -0.2) is 4.98 Å². The maximum Gasteiger partial charge on any atom is 0.273 e. The summed E-state index contributed by atoms with van der Waals surface area (Å²) in [6, 6.07) is 1.77. The van der Waals surface area contributed by atoms with E-state index in [-0.39, 0.29) is 5.91 Å². The van der Waals surface area contributed by atoms with Crippen molar-refractivity contribution in [3.8, 4) is 0 Å². The molecule has 1 aliphatic heterocycles. The van der Waals surface area contributed by atoms with Crippen molar-refractivity contribution in [3.63, 3.8) is 0 Å². The molecule has 0 unspecified atom stereocenters. The molecule has 2 aromatic heterocycles. The van der Waals surface area contributed by atoms with Crippen molar-refractivity contribution in [2.75, 3.05) is 31.1 Å². The summed E-state index contributed by atoms with van der Waals surface area (Å²) in [5.74, 6) is 0.926. The number of carbonyl (C=O) groups is 1. The van der Waals surface area contributed by atoms with Crippen LogP contribution in [0.3, 0.4) is 0 Å². The third-order valence-electron chi connectivity index (χ3n) is 3.38. The SMILES string of the molecule is Cc1nccnc1N1CCN(C(=O)c2ccsn2)CC1. The van der Waals surface area contributed by atoms with Crippen LogP contribution < -0.4 is 4.90 Å². The zero-order valence-electron chi connectivity index (χ0n) is 11.2. The Kier molecular flexibility index (Phi) is 3.60. The lowest BCUT2D eigenvalue weighted by Crippen LogP contribution is -2.49. The molecule has 7 heteroatoms. The molecule has 0 radical (unpaired) electrons. The topological polar surface area (TPSA) is 62.2 Å². The first-order valence-electron chi connectivity index (χ1n) is 6.48. The van der Waals surface area contributed by atoms with Crippen molar-refractivity contribution < 1.29 is 4.79 Å². The van der Waals surface area contributed by atoms with Gasteiger partial charge in [0.1, 0.15) is 11.5 Å². The van der Waals surface area contributed by atoms with Crippen LogP contribution in [0, 0.1) is 6.92 Å². The molecule has 1 aliphatic rings. The molecule has 3 heterocycles. The number of aryl methyl sites for hydroxylation is 1. The minimum absolute atomic E-state index is 0.0155. The van der Waals surface area contributed by atoms with Gasteiger partial charge in [0.15, 0.2) is 0 Å². The van der Waals surface area contributed by atoms with E-state index in [9.17, 15) is 4.79 Å². The molecule has 0 bridgehead atoms. The molecule has 0 atom stereocenters. The average Bonchev–Trinajstić information content (AvgIpc) is 3.01. The summed E-state index contributed by atoms with van der Waals surface area (Å²) < 4.78 is 4.10. The maximum atomic E-state index is 12.2. The molecule has 1 fully saturated rings. The molecular weight excluding hydrogens is 274 g/mol. The molecule has 1 amide bonds. The molecule has 0 N–H and O–H groups in total. The number of hydrogen-bond acceptors (Lipinski definition) is 6. The lowest BCUT2D eigenvalue weighted by atomic mass is 10.2. The summed E-state index contributed by atoms with van der Waals surface area (Å²) in [7, 11) is 0. The fraction of sp³-hybridized carbons (Fsp3) is 0.385. The van der Waals surface area contributed by atoms with E-state index in [0.29, 0.717) is 18.8 Å². The highest BCUT2D eigenvalue weighted by molar-refractivity contribution is 7.03. The molecule has 0 spiro atoms. The predicted molar refractivity (Wildman–Crippen MR) is 77.0 cm³/mol. The molecule has 0 aliphatic carbocycles. The highest BCUT2D eigenvalue weighted by Gasteiger charge is 2.24. The molecule has 1 saturated heterocycles. The van der Waals surface area contributed by atoms with Crippen molar-refractivity contribution in [2.45, 2.75) is 6.92 Å². The fourth-order valence-corrected chi connectivity index (χ4v) is 2.82. The molecule has 104 valence electrons. The minimum atomic E-state index is 0.0155. The number of piperazine rings is 1. The second-order valence-electron chi connectivity index (χ2n) is 4.63. The van der Waals surface area contributed by atoms with Gasteiger partial charge in [-0.2, -0.15) is 4.37 Å². The van der Waals surface area contributed by atoms with Gasteiger partial charge in [0, 0.05) is 44.0 Å². The van der Waals surface area contributed by atoms with Crippen LogP contribution in [0.5, 0.6) is 0 Å². The third kappa shape index (κ3) is 2.49. The smallest absolute Gasteiger partial charge is 0.273 e.